The zero-order valence-corrected chi connectivity index (χ0v) is 23.4. The smallest absolute Gasteiger partial charge is 0.190 e. The number of piperazine rings is 1. The topological polar surface area (TPSA) is 41.5 Å². The van der Waals surface area contributed by atoms with Gasteiger partial charge in [0.25, 0.3) is 0 Å². The Morgan fingerprint density at radius 3 is 2.22 bits per heavy atom. The molecule has 4 heterocycles. The predicted molar refractivity (Wildman–Crippen MR) is 155 cm³/mol. The monoisotopic (exact) mass is 530 g/mol. The quantitative estimate of drug-likeness (QED) is 0.208. The van der Waals surface area contributed by atoms with Crippen molar-refractivity contribution < 1.29 is 4.74 Å². The molecule has 7 heteroatoms. The molecular formula is C30H34N4OS2. The van der Waals surface area contributed by atoms with Gasteiger partial charge < -0.3 is 9.64 Å². The van der Waals surface area contributed by atoms with E-state index in [0.717, 1.165) is 54.8 Å². The summed E-state index contributed by atoms with van der Waals surface area (Å²) in [5.74, 6) is 1.11. The lowest BCUT2D eigenvalue weighted by Crippen LogP contribution is -2.48. The highest BCUT2D eigenvalue weighted by molar-refractivity contribution is 7.98. The van der Waals surface area contributed by atoms with E-state index in [2.05, 4.69) is 90.6 Å². The van der Waals surface area contributed by atoms with Crippen LogP contribution in [0.5, 0.6) is 0 Å². The summed E-state index contributed by atoms with van der Waals surface area (Å²) < 4.78 is 6.27. The van der Waals surface area contributed by atoms with Crippen molar-refractivity contribution in [2.24, 2.45) is 0 Å². The highest BCUT2D eigenvalue weighted by Gasteiger charge is 2.35. The first kappa shape index (κ1) is 24.9. The zero-order chi connectivity index (χ0) is 25.4. The van der Waals surface area contributed by atoms with Crippen molar-refractivity contribution in [3.05, 3.63) is 82.2 Å². The van der Waals surface area contributed by atoms with Crippen LogP contribution in [0.3, 0.4) is 0 Å². The van der Waals surface area contributed by atoms with Crippen molar-refractivity contribution in [3.8, 4) is 0 Å². The van der Waals surface area contributed by atoms with Gasteiger partial charge in [-0.05, 0) is 36.3 Å². The van der Waals surface area contributed by atoms with Crippen LogP contribution in [0.25, 0.3) is 10.2 Å². The summed E-state index contributed by atoms with van der Waals surface area (Å²) in [6.45, 7) is 9.00. The first-order chi connectivity index (χ1) is 18.1. The second kappa shape index (κ2) is 10.4. The Kier molecular flexibility index (Phi) is 6.97. The molecule has 1 atom stereocenters. The van der Waals surface area contributed by atoms with E-state index < -0.39 is 0 Å². The highest BCUT2D eigenvalue weighted by atomic mass is 32.2. The van der Waals surface area contributed by atoms with E-state index in [1.54, 1.807) is 23.1 Å². The molecule has 6 rings (SSSR count). The fourth-order valence-electron chi connectivity index (χ4n) is 5.66. The Hall–Kier alpha value is -2.45. The standard InChI is InChI=1S/C30H34N4OS2/c1-4-30(2)19-23-24(20-35-30)37-28-25(23)27(31-29(32-28)36-3)34-17-15-33(16-18-34)26(21-11-7-5-8-12-21)22-13-9-6-10-14-22/h5-14,26H,4,15-20H2,1-3H3/t30-/m0/s1. The van der Waals surface area contributed by atoms with Gasteiger partial charge in [-0.25, -0.2) is 9.97 Å². The molecule has 0 spiro atoms. The van der Waals surface area contributed by atoms with Crippen LogP contribution in [-0.4, -0.2) is 52.9 Å². The minimum Gasteiger partial charge on any atom is -0.369 e. The number of hydrogen-bond acceptors (Lipinski definition) is 7. The minimum absolute atomic E-state index is 0.117. The summed E-state index contributed by atoms with van der Waals surface area (Å²) in [5.41, 5.74) is 3.99. The number of ether oxygens (including phenoxy) is 1. The predicted octanol–water partition coefficient (Wildman–Crippen LogP) is 6.57. The molecule has 1 fully saturated rings. The molecule has 0 saturated carbocycles. The molecule has 0 radical (unpaired) electrons. The van der Waals surface area contributed by atoms with Crippen LogP contribution >= 0.6 is 23.1 Å². The first-order valence-corrected chi connectivity index (χ1v) is 15.2. The van der Waals surface area contributed by atoms with E-state index in [4.69, 9.17) is 14.7 Å². The summed E-state index contributed by atoms with van der Waals surface area (Å²) in [4.78, 5) is 17.6. The van der Waals surface area contributed by atoms with Crippen LogP contribution in [0.15, 0.2) is 65.8 Å². The maximum Gasteiger partial charge on any atom is 0.190 e. The molecule has 0 aliphatic carbocycles. The second-order valence-corrected chi connectivity index (χ2v) is 12.1. The van der Waals surface area contributed by atoms with Crippen LogP contribution in [0.2, 0.25) is 0 Å². The number of thiophene rings is 1. The van der Waals surface area contributed by atoms with Gasteiger partial charge in [0.2, 0.25) is 0 Å². The van der Waals surface area contributed by atoms with Crippen LogP contribution < -0.4 is 4.90 Å². The van der Waals surface area contributed by atoms with Gasteiger partial charge in [0.1, 0.15) is 10.6 Å². The molecule has 2 aliphatic heterocycles. The van der Waals surface area contributed by atoms with Gasteiger partial charge in [-0.1, -0.05) is 79.3 Å². The third-order valence-corrected chi connectivity index (χ3v) is 9.58. The maximum absolute atomic E-state index is 6.27. The lowest BCUT2D eigenvalue weighted by molar-refractivity contribution is -0.0543. The molecule has 2 aromatic carbocycles. The SMILES string of the molecule is CC[C@@]1(C)Cc2c(sc3nc(SC)nc(N4CCN(C(c5ccccc5)c5ccccc5)CC4)c23)CO1. The Bertz CT molecular complexity index is 1330. The van der Waals surface area contributed by atoms with Crippen molar-refractivity contribution in [1.82, 2.24) is 14.9 Å². The number of fused-ring (bicyclic) bond motifs is 3. The molecular weight excluding hydrogens is 496 g/mol. The number of hydrogen-bond donors (Lipinski definition) is 0. The van der Waals surface area contributed by atoms with Gasteiger partial charge >= 0.3 is 0 Å². The number of benzene rings is 2. The van der Waals surface area contributed by atoms with Gasteiger partial charge in [0, 0.05) is 37.5 Å². The molecule has 0 N–H and O–H groups in total. The fourth-order valence-corrected chi connectivity index (χ4v) is 7.17. The number of rotatable bonds is 6. The highest BCUT2D eigenvalue weighted by Crippen LogP contribution is 2.43. The van der Waals surface area contributed by atoms with E-state index in [1.165, 1.54) is 27.0 Å². The van der Waals surface area contributed by atoms with Crippen molar-refractivity contribution in [2.75, 3.05) is 37.3 Å². The summed E-state index contributed by atoms with van der Waals surface area (Å²) >= 11 is 3.42. The Morgan fingerprint density at radius 2 is 1.62 bits per heavy atom. The van der Waals surface area contributed by atoms with Crippen molar-refractivity contribution in [2.45, 2.75) is 50.1 Å². The van der Waals surface area contributed by atoms with Crippen LogP contribution in [-0.2, 0) is 17.8 Å². The molecule has 37 heavy (non-hydrogen) atoms. The molecule has 1 saturated heterocycles. The zero-order valence-electron chi connectivity index (χ0n) is 21.8. The van der Waals surface area contributed by atoms with E-state index in [1.807, 2.05) is 0 Å². The summed E-state index contributed by atoms with van der Waals surface area (Å²) in [7, 11) is 0. The van der Waals surface area contributed by atoms with Crippen LogP contribution in [0, 0.1) is 0 Å². The van der Waals surface area contributed by atoms with Gasteiger partial charge in [0.15, 0.2) is 5.16 Å². The lowest BCUT2D eigenvalue weighted by atomic mass is 9.90. The van der Waals surface area contributed by atoms with Crippen molar-refractivity contribution in [3.63, 3.8) is 0 Å². The largest absolute Gasteiger partial charge is 0.369 e. The third kappa shape index (κ3) is 4.78. The van der Waals surface area contributed by atoms with Crippen molar-refractivity contribution >= 4 is 39.1 Å². The minimum atomic E-state index is -0.117. The van der Waals surface area contributed by atoms with Gasteiger partial charge in [-0.3, -0.25) is 4.90 Å². The van der Waals surface area contributed by atoms with E-state index in [9.17, 15) is 0 Å². The summed E-state index contributed by atoms with van der Waals surface area (Å²) in [6.07, 6.45) is 4.00. The number of anilines is 1. The average Bonchev–Trinajstić information content (AvgIpc) is 3.31. The number of aromatic nitrogens is 2. The van der Waals surface area contributed by atoms with Gasteiger partial charge in [0.05, 0.1) is 23.6 Å². The molecule has 2 aliphatic rings. The third-order valence-electron chi connectivity index (χ3n) is 7.94. The number of nitrogens with zero attached hydrogens (tertiary/aromatic N) is 4. The Morgan fingerprint density at radius 1 is 0.973 bits per heavy atom. The van der Waals surface area contributed by atoms with E-state index in [-0.39, 0.29) is 11.6 Å². The molecule has 0 bridgehead atoms. The number of thioether (sulfide) groups is 1. The summed E-state index contributed by atoms with van der Waals surface area (Å²) in [5, 5.41) is 2.12. The van der Waals surface area contributed by atoms with Gasteiger partial charge in [-0.15, -0.1) is 11.3 Å². The molecule has 0 amide bonds. The molecule has 5 nitrogen and oxygen atoms in total. The van der Waals surface area contributed by atoms with E-state index >= 15 is 0 Å². The second-order valence-electron chi connectivity index (χ2n) is 10.2. The Balaban J connectivity index is 1.32. The van der Waals surface area contributed by atoms with Crippen LogP contribution in [0.4, 0.5) is 5.82 Å². The normalized spacial score (nSPS) is 20.5. The Labute approximate surface area is 227 Å². The summed E-state index contributed by atoms with van der Waals surface area (Å²) in [6, 6.07) is 22.1. The first-order valence-electron chi connectivity index (χ1n) is 13.2. The fraction of sp³-hybridized carbons (Fsp3) is 0.400. The van der Waals surface area contributed by atoms with E-state index in [0.29, 0.717) is 6.61 Å². The average molecular weight is 531 g/mol. The molecule has 0 unspecified atom stereocenters. The van der Waals surface area contributed by atoms with Crippen molar-refractivity contribution in [1.29, 1.82) is 0 Å². The molecule has 192 valence electrons. The van der Waals surface area contributed by atoms with Gasteiger partial charge in [-0.2, -0.15) is 0 Å². The molecule has 2 aromatic heterocycles. The molecule has 4 aromatic rings. The van der Waals surface area contributed by atoms with Crippen LogP contribution in [0.1, 0.15) is 47.9 Å². The maximum atomic E-state index is 6.27. The lowest BCUT2D eigenvalue weighted by Gasteiger charge is -2.40.